The third-order valence-electron chi connectivity index (χ3n) is 5.58. The Morgan fingerprint density at radius 1 is 1.18 bits per heavy atom. The van der Waals surface area contributed by atoms with Crippen molar-refractivity contribution in [3.8, 4) is 11.4 Å². The van der Waals surface area contributed by atoms with E-state index in [2.05, 4.69) is 35.6 Å². The lowest BCUT2D eigenvalue weighted by atomic mass is 10.0. The van der Waals surface area contributed by atoms with E-state index in [-0.39, 0.29) is 11.8 Å². The number of H-pyrrole nitrogens is 2. The summed E-state index contributed by atoms with van der Waals surface area (Å²) < 4.78 is 0. The summed E-state index contributed by atoms with van der Waals surface area (Å²) in [6, 6.07) is 12.7. The maximum atomic E-state index is 12.9. The van der Waals surface area contributed by atoms with Crippen molar-refractivity contribution in [3.63, 3.8) is 0 Å². The fraction of sp³-hybridized carbons (Fsp3) is 0.130. The molecule has 2 aromatic heterocycles. The lowest BCUT2D eigenvalue weighted by Crippen LogP contribution is -2.36. The number of carbonyl (C=O) groups is 2. The highest BCUT2D eigenvalue weighted by Gasteiger charge is 2.24. The van der Waals surface area contributed by atoms with Gasteiger partial charge in [-0.25, -0.2) is 15.2 Å². The van der Waals surface area contributed by atoms with E-state index in [1.807, 2.05) is 30.3 Å². The predicted molar refractivity (Wildman–Crippen MR) is 127 cm³/mol. The third kappa shape index (κ3) is 4.11. The minimum absolute atomic E-state index is 0.294. The van der Waals surface area contributed by atoms with E-state index in [1.54, 1.807) is 30.9 Å². The van der Waals surface area contributed by atoms with Crippen LogP contribution in [0.5, 0.6) is 0 Å². The maximum absolute atomic E-state index is 12.9. The topological polar surface area (TPSA) is 127 Å². The molecular weight excluding hydrogens is 442 g/mol. The highest BCUT2D eigenvalue weighted by atomic mass is 35.5. The van der Waals surface area contributed by atoms with Gasteiger partial charge in [0.2, 0.25) is 5.91 Å². The van der Waals surface area contributed by atoms with Gasteiger partial charge in [0.05, 0.1) is 23.8 Å². The number of hydrogen-bond donors (Lipinski definition) is 5. The van der Waals surface area contributed by atoms with Crippen LogP contribution in [0.2, 0.25) is 0 Å². The van der Waals surface area contributed by atoms with E-state index in [4.69, 9.17) is 11.8 Å². The second-order valence-electron chi connectivity index (χ2n) is 7.69. The largest absolute Gasteiger partial charge is 0.353 e. The number of aromatic amines is 2. The zero-order valence-electron chi connectivity index (χ0n) is 17.4. The molecular formula is C23H20ClN7O2. The number of nitrogens with zero attached hydrogens (tertiary/aromatic N) is 2. The number of hydrazone groups is 1. The first-order valence-electron chi connectivity index (χ1n) is 10.4. The van der Waals surface area contributed by atoms with Gasteiger partial charge >= 0.3 is 0 Å². The molecule has 1 aliphatic heterocycles. The molecule has 1 atom stereocenters. The molecule has 0 bridgehead atoms. The van der Waals surface area contributed by atoms with E-state index < -0.39 is 6.04 Å². The van der Waals surface area contributed by atoms with E-state index in [0.717, 1.165) is 16.8 Å². The lowest BCUT2D eigenvalue weighted by Gasteiger charge is -2.15. The number of benzene rings is 2. The van der Waals surface area contributed by atoms with Gasteiger partial charge in [0.15, 0.2) is 0 Å². The van der Waals surface area contributed by atoms with Crippen molar-refractivity contribution < 1.29 is 9.59 Å². The summed E-state index contributed by atoms with van der Waals surface area (Å²) in [7, 11) is 0. The molecule has 10 heteroatoms. The van der Waals surface area contributed by atoms with E-state index in [0.29, 0.717) is 40.7 Å². The molecule has 0 spiro atoms. The lowest BCUT2D eigenvalue weighted by molar-refractivity contribution is -0.117. The highest BCUT2D eigenvalue weighted by molar-refractivity contribution is 6.18. The van der Waals surface area contributed by atoms with E-state index in [1.165, 1.54) is 0 Å². The fourth-order valence-corrected chi connectivity index (χ4v) is 4.18. The Labute approximate surface area is 193 Å². The van der Waals surface area contributed by atoms with Gasteiger partial charge in [-0.15, -0.1) is 0 Å². The van der Waals surface area contributed by atoms with Gasteiger partial charge in [-0.05, 0) is 42.3 Å². The summed E-state index contributed by atoms with van der Waals surface area (Å²) in [6.07, 6.45) is 6.12. The average Bonchev–Trinajstić information content (AvgIpc) is 3.44. The molecule has 2 amide bonds. The van der Waals surface area contributed by atoms with Crippen LogP contribution >= 0.6 is 11.8 Å². The molecule has 4 aromatic rings. The summed E-state index contributed by atoms with van der Waals surface area (Å²) in [4.78, 5) is 38.7. The minimum Gasteiger partial charge on any atom is -0.353 e. The van der Waals surface area contributed by atoms with Gasteiger partial charge in [0.1, 0.15) is 11.7 Å². The molecule has 2 aromatic carbocycles. The number of aryl methyl sites for hydroxylation is 1. The minimum atomic E-state index is -0.613. The molecule has 9 nitrogen and oxygen atoms in total. The zero-order chi connectivity index (χ0) is 22.8. The van der Waals surface area contributed by atoms with Gasteiger partial charge in [-0.3, -0.25) is 9.59 Å². The Morgan fingerprint density at radius 3 is 2.79 bits per heavy atom. The van der Waals surface area contributed by atoms with Crippen molar-refractivity contribution in [2.75, 3.05) is 5.32 Å². The number of imidazole rings is 1. The molecule has 5 N–H and O–H groups in total. The number of halogens is 1. The number of anilines is 1. The Bertz CT molecular complexity index is 1350. The van der Waals surface area contributed by atoms with Crippen molar-refractivity contribution >= 4 is 46.4 Å². The van der Waals surface area contributed by atoms with Gasteiger partial charge in [0, 0.05) is 28.4 Å². The van der Waals surface area contributed by atoms with Crippen molar-refractivity contribution in [1.29, 1.82) is 0 Å². The van der Waals surface area contributed by atoms with Crippen LogP contribution in [0, 0.1) is 0 Å². The Hall–Kier alpha value is -3.95. The van der Waals surface area contributed by atoms with Gasteiger partial charge in [-0.1, -0.05) is 30.3 Å². The highest BCUT2D eigenvalue weighted by Crippen LogP contribution is 2.33. The SMILES string of the molecule is O=C1NN=Cc2c(-c3c[nH]cn3)[nH]c3cc(NC(=O)[C@@H](CCc4ccccc4)NCl)cc1c23. The summed E-state index contributed by atoms with van der Waals surface area (Å²) in [6.45, 7) is 0. The smallest absolute Gasteiger partial charge is 0.272 e. The van der Waals surface area contributed by atoms with Crippen molar-refractivity contribution in [3.05, 3.63) is 71.7 Å². The molecule has 0 saturated carbocycles. The van der Waals surface area contributed by atoms with Crippen LogP contribution in [-0.2, 0) is 11.2 Å². The molecule has 3 heterocycles. The molecule has 0 radical (unpaired) electrons. The molecule has 0 saturated heterocycles. The van der Waals surface area contributed by atoms with E-state index in [9.17, 15) is 9.59 Å². The number of carbonyl (C=O) groups excluding carboxylic acids is 2. The number of rotatable bonds is 7. The van der Waals surface area contributed by atoms with Crippen LogP contribution in [0.3, 0.4) is 0 Å². The maximum Gasteiger partial charge on any atom is 0.272 e. The van der Waals surface area contributed by atoms with Crippen LogP contribution in [0.15, 0.2) is 60.1 Å². The summed E-state index contributed by atoms with van der Waals surface area (Å²) in [5.74, 6) is -0.660. The molecule has 0 fully saturated rings. The molecule has 0 aliphatic carbocycles. The first kappa shape index (κ1) is 20.9. The molecule has 0 unspecified atom stereocenters. The average molecular weight is 462 g/mol. The number of aromatic nitrogens is 3. The van der Waals surface area contributed by atoms with Crippen molar-refractivity contribution in [2.24, 2.45) is 5.10 Å². The van der Waals surface area contributed by atoms with Gasteiger partial charge in [0.25, 0.3) is 5.91 Å². The van der Waals surface area contributed by atoms with Crippen molar-refractivity contribution in [1.82, 2.24) is 25.2 Å². The first-order chi connectivity index (χ1) is 16.1. The summed E-state index contributed by atoms with van der Waals surface area (Å²) in [5, 5.41) is 7.61. The van der Waals surface area contributed by atoms with Crippen LogP contribution in [0.25, 0.3) is 22.3 Å². The Kier molecular flexibility index (Phi) is 5.64. The quantitative estimate of drug-likeness (QED) is 0.270. The van der Waals surface area contributed by atoms with Crippen LogP contribution in [0.4, 0.5) is 5.69 Å². The van der Waals surface area contributed by atoms with Gasteiger partial charge in [-0.2, -0.15) is 5.10 Å². The Morgan fingerprint density at radius 2 is 2.03 bits per heavy atom. The number of amides is 2. The second-order valence-corrected chi connectivity index (χ2v) is 7.91. The monoisotopic (exact) mass is 461 g/mol. The normalized spacial score (nSPS) is 13.5. The summed E-state index contributed by atoms with van der Waals surface area (Å²) in [5.41, 5.74) is 7.32. The zero-order valence-corrected chi connectivity index (χ0v) is 18.1. The first-order valence-corrected chi connectivity index (χ1v) is 10.7. The molecule has 33 heavy (non-hydrogen) atoms. The predicted octanol–water partition coefficient (Wildman–Crippen LogP) is 3.32. The standard InChI is InChI=1S/C23H20ClN7O2/c24-30-17(7-6-13-4-2-1-3-5-13)23(33)28-14-8-15-20-16(10-27-31-22(15)32)21(29-18(20)9-14)19-11-25-12-26-19/h1-5,8-12,17,29-30H,6-7H2,(H,25,26)(H,28,33)(H,31,32)/t17-/m1/s1. The third-order valence-corrected chi connectivity index (χ3v) is 5.84. The van der Waals surface area contributed by atoms with Gasteiger partial charge < -0.3 is 15.3 Å². The Balaban J connectivity index is 1.44. The van der Waals surface area contributed by atoms with E-state index >= 15 is 0 Å². The van der Waals surface area contributed by atoms with Crippen molar-refractivity contribution in [2.45, 2.75) is 18.9 Å². The molecule has 1 aliphatic rings. The molecule has 5 rings (SSSR count). The second kappa shape index (κ2) is 8.89. The van der Waals surface area contributed by atoms with Crippen LogP contribution < -0.4 is 15.6 Å². The summed E-state index contributed by atoms with van der Waals surface area (Å²) >= 11 is 5.88. The van der Waals surface area contributed by atoms with Crippen LogP contribution in [0.1, 0.15) is 27.9 Å². The fourth-order valence-electron chi connectivity index (χ4n) is 3.97. The number of nitrogens with one attached hydrogen (secondary N) is 5. The number of hydrogen-bond acceptors (Lipinski definition) is 5. The molecule has 166 valence electrons. The van der Waals surface area contributed by atoms with Crippen LogP contribution in [-0.4, -0.2) is 39.0 Å².